The highest BCUT2D eigenvalue weighted by Crippen LogP contribution is 2.31. The number of nitrogens with one attached hydrogen (secondary N) is 1. The molecule has 1 fully saturated rings. The lowest BCUT2D eigenvalue weighted by atomic mass is 10.0. The molecule has 118 valence electrons. The fourth-order valence-corrected chi connectivity index (χ4v) is 2.31. The molecule has 0 bridgehead atoms. The van der Waals surface area contributed by atoms with Crippen LogP contribution < -0.4 is 11.2 Å². The van der Waals surface area contributed by atoms with Gasteiger partial charge < -0.3 is 25.2 Å². The Hall–Kier alpha value is -1.52. The molecule has 0 spiro atoms. The molecule has 5 N–H and O–H groups in total. The van der Waals surface area contributed by atoms with Gasteiger partial charge in [0.05, 0.1) is 24.8 Å². The second-order valence-electron chi connectivity index (χ2n) is 5.10. The van der Waals surface area contributed by atoms with Crippen molar-refractivity contribution in [2.45, 2.75) is 44.0 Å². The van der Waals surface area contributed by atoms with Gasteiger partial charge in [0.2, 0.25) is 0 Å². The SMILES string of the molecule is C[C@@H](O)Cn1cc([C@@H]2O[C@H](CO)[C@@H](O)[C@H]2O)c(=O)[nH]c1=O. The number of nitrogens with zero attached hydrogens (tertiary/aromatic N) is 1. The van der Waals surface area contributed by atoms with Gasteiger partial charge in [0, 0.05) is 6.20 Å². The first-order valence-corrected chi connectivity index (χ1v) is 6.49. The van der Waals surface area contributed by atoms with E-state index in [4.69, 9.17) is 9.84 Å². The van der Waals surface area contributed by atoms with E-state index in [9.17, 15) is 24.9 Å². The Balaban J connectivity index is 2.40. The maximum absolute atomic E-state index is 11.8. The molecule has 1 aliphatic rings. The van der Waals surface area contributed by atoms with Crippen LogP contribution in [0.15, 0.2) is 15.8 Å². The number of ether oxygens (including phenoxy) is 1. The largest absolute Gasteiger partial charge is 0.394 e. The highest BCUT2D eigenvalue weighted by atomic mass is 16.6. The zero-order chi connectivity index (χ0) is 15.7. The quantitative estimate of drug-likeness (QED) is 0.400. The highest BCUT2D eigenvalue weighted by molar-refractivity contribution is 5.14. The summed E-state index contributed by atoms with van der Waals surface area (Å²) in [5, 5.41) is 38.0. The first-order valence-electron chi connectivity index (χ1n) is 6.49. The number of aromatic nitrogens is 2. The second kappa shape index (κ2) is 6.08. The molecule has 0 saturated carbocycles. The Kier molecular flexibility index (Phi) is 4.59. The molecule has 0 radical (unpaired) electrons. The van der Waals surface area contributed by atoms with Gasteiger partial charge in [-0.25, -0.2) is 4.79 Å². The number of hydrogen-bond acceptors (Lipinski definition) is 7. The number of rotatable bonds is 4. The summed E-state index contributed by atoms with van der Waals surface area (Å²) in [4.78, 5) is 25.5. The van der Waals surface area contributed by atoms with Gasteiger partial charge in [0.15, 0.2) is 0 Å². The Bertz CT molecular complexity index is 608. The summed E-state index contributed by atoms with van der Waals surface area (Å²) in [6.45, 7) is 0.918. The number of aliphatic hydroxyl groups excluding tert-OH is 4. The molecular formula is C12H18N2O7. The first-order chi connectivity index (χ1) is 9.85. The average Bonchev–Trinajstić information content (AvgIpc) is 2.69. The smallest absolute Gasteiger partial charge is 0.328 e. The Morgan fingerprint density at radius 1 is 1.38 bits per heavy atom. The van der Waals surface area contributed by atoms with Crippen LogP contribution >= 0.6 is 0 Å². The third kappa shape index (κ3) is 3.06. The molecule has 21 heavy (non-hydrogen) atoms. The lowest BCUT2D eigenvalue weighted by Crippen LogP contribution is -2.37. The molecule has 1 saturated heterocycles. The predicted molar refractivity (Wildman–Crippen MR) is 69.7 cm³/mol. The zero-order valence-corrected chi connectivity index (χ0v) is 11.3. The topological polar surface area (TPSA) is 145 Å². The van der Waals surface area contributed by atoms with Crippen LogP contribution in [0.4, 0.5) is 0 Å². The summed E-state index contributed by atoms with van der Waals surface area (Å²) in [5.74, 6) is 0. The molecule has 1 aliphatic heterocycles. The van der Waals surface area contributed by atoms with Gasteiger partial charge in [-0.1, -0.05) is 0 Å². The van der Waals surface area contributed by atoms with Crippen molar-refractivity contribution < 1.29 is 25.2 Å². The average molecular weight is 302 g/mol. The van der Waals surface area contributed by atoms with Gasteiger partial charge >= 0.3 is 5.69 Å². The molecule has 9 heteroatoms. The fraction of sp³-hybridized carbons (Fsp3) is 0.667. The molecule has 2 rings (SSSR count). The van der Waals surface area contributed by atoms with E-state index >= 15 is 0 Å². The van der Waals surface area contributed by atoms with Crippen LogP contribution in [-0.4, -0.2) is 61.0 Å². The molecule has 0 aliphatic carbocycles. The zero-order valence-electron chi connectivity index (χ0n) is 11.3. The van der Waals surface area contributed by atoms with E-state index in [-0.39, 0.29) is 12.1 Å². The van der Waals surface area contributed by atoms with Crippen molar-refractivity contribution in [2.24, 2.45) is 0 Å². The van der Waals surface area contributed by atoms with Gasteiger partial charge in [-0.2, -0.15) is 0 Å². The molecular weight excluding hydrogens is 284 g/mol. The van der Waals surface area contributed by atoms with E-state index in [0.717, 1.165) is 4.57 Å². The summed E-state index contributed by atoms with van der Waals surface area (Å²) in [6, 6.07) is 0. The van der Waals surface area contributed by atoms with Crippen LogP contribution in [0.25, 0.3) is 0 Å². The lowest BCUT2D eigenvalue weighted by molar-refractivity contribution is -0.0234. The monoisotopic (exact) mass is 302 g/mol. The summed E-state index contributed by atoms with van der Waals surface area (Å²) >= 11 is 0. The number of aromatic amines is 1. The van der Waals surface area contributed by atoms with E-state index in [1.54, 1.807) is 0 Å². The predicted octanol–water partition coefficient (Wildman–Crippen LogP) is -2.93. The number of aliphatic hydroxyl groups is 4. The third-order valence-corrected chi connectivity index (χ3v) is 3.35. The minimum absolute atomic E-state index is 0.0442. The van der Waals surface area contributed by atoms with Gasteiger partial charge in [-0.05, 0) is 6.92 Å². The molecule has 0 aromatic carbocycles. The van der Waals surface area contributed by atoms with Crippen molar-refractivity contribution in [3.63, 3.8) is 0 Å². The molecule has 5 atom stereocenters. The molecule has 1 aromatic rings. The molecule has 0 unspecified atom stereocenters. The van der Waals surface area contributed by atoms with E-state index in [0.29, 0.717) is 0 Å². The molecule has 9 nitrogen and oxygen atoms in total. The number of H-pyrrole nitrogens is 1. The van der Waals surface area contributed by atoms with Crippen LogP contribution in [0.5, 0.6) is 0 Å². The maximum atomic E-state index is 11.8. The standard InChI is InChI=1S/C12H18N2O7/c1-5(16)2-14-3-6(11(19)13-12(14)20)10-9(18)8(17)7(4-15)21-10/h3,5,7-10,15-18H,2,4H2,1H3,(H,13,19,20)/t5-,7-,8-,9-,10+/m1/s1. The molecule has 0 amide bonds. The number of hydrogen-bond donors (Lipinski definition) is 5. The minimum atomic E-state index is -1.40. The van der Waals surface area contributed by atoms with Gasteiger partial charge in [-0.15, -0.1) is 0 Å². The van der Waals surface area contributed by atoms with E-state index in [1.165, 1.54) is 13.1 Å². The second-order valence-corrected chi connectivity index (χ2v) is 5.10. The van der Waals surface area contributed by atoms with E-state index in [2.05, 4.69) is 4.98 Å². The summed E-state index contributed by atoms with van der Waals surface area (Å²) in [6.07, 6.45) is -4.55. The van der Waals surface area contributed by atoms with Crippen LogP contribution in [0.3, 0.4) is 0 Å². The highest BCUT2D eigenvalue weighted by Gasteiger charge is 2.44. The van der Waals surface area contributed by atoms with Crippen molar-refractivity contribution >= 4 is 0 Å². The normalized spacial score (nSPS) is 30.5. The van der Waals surface area contributed by atoms with Crippen LogP contribution in [0.2, 0.25) is 0 Å². The third-order valence-electron chi connectivity index (χ3n) is 3.35. The van der Waals surface area contributed by atoms with Crippen molar-refractivity contribution in [2.75, 3.05) is 6.61 Å². The Morgan fingerprint density at radius 3 is 2.57 bits per heavy atom. The first kappa shape index (κ1) is 15.9. The van der Waals surface area contributed by atoms with Crippen molar-refractivity contribution in [3.8, 4) is 0 Å². The molecule has 1 aromatic heterocycles. The fourth-order valence-electron chi connectivity index (χ4n) is 2.31. The van der Waals surface area contributed by atoms with E-state index in [1.807, 2.05) is 0 Å². The minimum Gasteiger partial charge on any atom is -0.394 e. The Labute approximate surface area is 119 Å². The van der Waals surface area contributed by atoms with Crippen molar-refractivity contribution in [1.82, 2.24) is 9.55 Å². The summed E-state index contributed by atoms with van der Waals surface area (Å²) in [5.41, 5.74) is -1.51. The van der Waals surface area contributed by atoms with Gasteiger partial charge in [0.1, 0.15) is 24.4 Å². The van der Waals surface area contributed by atoms with Gasteiger partial charge in [-0.3, -0.25) is 14.3 Å². The van der Waals surface area contributed by atoms with Crippen LogP contribution in [0.1, 0.15) is 18.6 Å². The van der Waals surface area contributed by atoms with Crippen LogP contribution in [-0.2, 0) is 11.3 Å². The van der Waals surface area contributed by atoms with E-state index < -0.39 is 48.4 Å². The maximum Gasteiger partial charge on any atom is 0.328 e. The van der Waals surface area contributed by atoms with Crippen LogP contribution in [0, 0.1) is 0 Å². The lowest BCUT2D eigenvalue weighted by Gasteiger charge is -2.16. The Morgan fingerprint density at radius 2 is 2.05 bits per heavy atom. The summed E-state index contributed by atoms with van der Waals surface area (Å²) < 4.78 is 6.33. The van der Waals surface area contributed by atoms with Crippen molar-refractivity contribution in [1.29, 1.82) is 0 Å². The summed E-state index contributed by atoms with van der Waals surface area (Å²) in [7, 11) is 0. The van der Waals surface area contributed by atoms with Gasteiger partial charge in [0.25, 0.3) is 5.56 Å². The molecule has 2 heterocycles. The van der Waals surface area contributed by atoms with Crippen molar-refractivity contribution in [3.05, 3.63) is 32.6 Å².